The SMILES string of the molecule is CC(C)(C)O.CCc1c(C)c2c3c([nH]c(=O)n3CCN2)c1-c1ccc(C)cc1.O=CO. The number of benzene rings is 2. The van der Waals surface area contributed by atoms with Crippen molar-refractivity contribution < 1.29 is 15.0 Å². The van der Waals surface area contributed by atoms with Gasteiger partial charge in [0.15, 0.2) is 0 Å². The molecule has 0 aliphatic carbocycles. The zero-order valence-corrected chi connectivity index (χ0v) is 19.2. The summed E-state index contributed by atoms with van der Waals surface area (Å²) in [6, 6.07) is 8.56. The monoisotopic (exact) mass is 427 g/mol. The molecule has 7 heteroatoms. The van der Waals surface area contributed by atoms with Crippen LogP contribution in [-0.2, 0) is 17.8 Å². The van der Waals surface area contributed by atoms with Gasteiger partial charge in [-0.15, -0.1) is 0 Å². The van der Waals surface area contributed by atoms with E-state index in [4.69, 9.17) is 15.0 Å². The third-order valence-corrected chi connectivity index (χ3v) is 4.93. The van der Waals surface area contributed by atoms with Crippen molar-refractivity contribution in [3.8, 4) is 11.1 Å². The van der Waals surface area contributed by atoms with Crippen LogP contribution < -0.4 is 11.0 Å². The Balaban J connectivity index is 0.000000371. The van der Waals surface area contributed by atoms with Crippen molar-refractivity contribution in [2.24, 2.45) is 0 Å². The molecule has 0 atom stereocenters. The van der Waals surface area contributed by atoms with Gasteiger partial charge in [0.25, 0.3) is 6.47 Å². The van der Waals surface area contributed by atoms with E-state index in [2.05, 4.69) is 55.3 Å². The number of H-pyrrole nitrogens is 1. The third-order valence-electron chi connectivity index (χ3n) is 4.93. The van der Waals surface area contributed by atoms with Gasteiger partial charge in [-0.2, -0.15) is 0 Å². The molecule has 1 aliphatic rings. The fourth-order valence-electron chi connectivity index (χ4n) is 3.78. The van der Waals surface area contributed by atoms with Crippen LogP contribution in [0, 0.1) is 13.8 Å². The van der Waals surface area contributed by atoms with Crippen LogP contribution in [0.3, 0.4) is 0 Å². The van der Waals surface area contributed by atoms with Gasteiger partial charge in [0.2, 0.25) is 0 Å². The molecular weight excluding hydrogens is 394 g/mol. The molecule has 31 heavy (non-hydrogen) atoms. The molecule has 1 aliphatic heterocycles. The number of aromatic amines is 1. The van der Waals surface area contributed by atoms with Crippen molar-refractivity contribution >= 4 is 23.2 Å². The van der Waals surface area contributed by atoms with Gasteiger partial charge >= 0.3 is 5.69 Å². The molecule has 2 heterocycles. The number of nitrogens with one attached hydrogen (secondary N) is 2. The lowest BCUT2D eigenvalue weighted by Gasteiger charge is -2.23. The Bertz CT molecular complexity index is 1100. The molecule has 0 saturated carbocycles. The highest BCUT2D eigenvalue weighted by Crippen LogP contribution is 2.40. The minimum Gasteiger partial charge on any atom is -0.483 e. The van der Waals surface area contributed by atoms with Gasteiger partial charge in [-0.1, -0.05) is 36.8 Å². The van der Waals surface area contributed by atoms with Gasteiger partial charge in [0.05, 0.1) is 22.3 Å². The zero-order valence-electron chi connectivity index (χ0n) is 19.2. The van der Waals surface area contributed by atoms with Crippen molar-refractivity contribution in [2.75, 3.05) is 11.9 Å². The predicted octanol–water partition coefficient (Wildman–Crippen LogP) is 4.08. The quantitative estimate of drug-likeness (QED) is 0.461. The molecule has 3 aromatic rings. The van der Waals surface area contributed by atoms with Gasteiger partial charge in [0.1, 0.15) is 0 Å². The average Bonchev–Trinajstić information content (AvgIpc) is 3.02. The lowest BCUT2D eigenvalue weighted by molar-refractivity contribution is -0.122. The average molecular weight is 428 g/mol. The molecule has 0 fully saturated rings. The Kier molecular flexibility index (Phi) is 7.68. The number of carboxylic acid groups (broad SMARTS) is 1. The highest BCUT2D eigenvalue weighted by atomic mass is 16.3. The van der Waals surface area contributed by atoms with E-state index in [-0.39, 0.29) is 12.2 Å². The molecule has 1 aromatic heterocycles. The standard InChI is InChI=1S/C19H21N3O.C4H10O.CH2O2/c1-4-14-12(3)16-18-17(21-19(23)22(18)10-9-20-16)15(14)13-7-5-11(2)6-8-13;1-4(2,3)5;2-1-3/h5-8,20H,4,9-10H2,1-3H3,(H,21,23);5H,1-3H3;1H,(H,2,3). The van der Waals surface area contributed by atoms with Crippen LogP contribution in [0.25, 0.3) is 22.2 Å². The van der Waals surface area contributed by atoms with Crippen molar-refractivity contribution in [2.45, 2.75) is 60.1 Å². The topological polar surface area (TPSA) is 107 Å². The molecule has 2 aromatic carbocycles. The first kappa shape index (κ1) is 24.2. The second-order valence-electron chi connectivity index (χ2n) is 8.58. The second kappa shape index (κ2) is 9.83. The van der Waals surface area contributed by atoms with E-state index in [1.807, 2.05) is 4.57 Å². The fourth-order valence-corrected chi connectivity index (χ4v) is 3.78. The first-order chi connectivity index (χ1) is 14.5. The maximum absolute atomic E-state index is 12.4. The molecule has 0 spiro atoms. The first-order valence-electron chi connectivity index (χ1n) is 10.4. The van der Waals surface area contributed by atoms with Gasteiger partial charge in [-0.3, -0.25) is 9.36 Å². The van der Waals surface area contributed by atoms with Gasteiger partial charge < -0.3 is 20.5 Å². The largest absolute Gasteiger partial charge is 0.483 e. The summed E-state index contributed by atoms with van der Waals surface area (Å²) >= 11 is 0. The Hall–Kier alpha value is -3.06. The number of aromatic nitrogens is 2. The number of aliphatic hydroxyl groups is 1. The molecule has 7 nitrogen and oxygen atoms in total. The lowest BCUT2D eigenvalue weighted by Crippen LogP contribution is -2.25. The van der Waals surface area contributed by atoms with E-state index in [9.17, 15) is 4.79 Å². The normalized spacial score (nSPS) is 12.2. The summed E-state index contributed by atoms with van der Waals surface area (Å²) in [4.78, 5) is 23.9. The third kappa shape index (κ3) is 5.55. The fraction of sp³-hybridized carbons (Fsp3) is 0.417. The summed E-state index contributed by atoms with van der Waals surface area (Å²) < 4.78 is 1.87. The Morgan fingerprint density at radius 2 is 1.71 bits per heavy atom. The van der Waals surface area contributed by atoms with E-state index in [0.717, 1.165) is 29.7 Å². The van der Waals surface area contributed by atoms with Crippen LogP contribution in [0.2, 0.25) is 0 Å². The summed E-state index contributed by atoms with van der Waals surface area (Å²) in [7, 11) is 0. The molecule has 0 amide bonds. The van der Waals surface area contributed by atoms with Crippen LogP contribution in [-0.4, -0.2) is 38.4 Å². The molecular formula is C24H33N3O4. The van der Waals surface area contributed by atoms with Crippen LogP contribution >= 0.6 is 0 Å². The lowest BCUT2D eigenvalue weighted by atomic mass is 9.90. The maximum Gasteiger partial charge on any atom is 0.326 e. The van der Waals surface area contributed by atoms with Crippen molar-refractivity contribution in [1.29, 1.82) is 0 Å². The van der Waals surface area contributed by atoms with Crippen LogP contribution in [0.15, 0.2) is 29.1 Å². The maximum atomic E-state index is 12.4. The van der Waals surface area contributed by atoms with Crippen molar-refractivity contribution in [1.82, 2.24) is 9.55 Å². The highest BCUT2D eigenvalue weighted by Gasteiger charge is 2.24. The summed E-state index contributed by atoms with van der Waals surface area (Å²) in [6.07, 6.45) is 0.937. The van der Waals surface area contributed by atoms with Crippen molar-refractivity contribution in [3.63, 3.8) is 0 Å². The predicted molar refractivity (Wildman–Crippen MR) is 126 cm³/mol. The number of aryl methyl sites for hydroxylation is 1. The number of anilines is 1. The van der Waals surface area contributed by atoms with Crippen LogP contribution in [0.4, 0.5) is 5.69 Å². The summed E-state index contributed by atoms with van der Waals surface area (Å²) in [6.45, 7) is 12.9. The molecule has 4 rings (SSSR count). The number of carbonyl (C=O) groups is 1. The first-order valence-corrected chi connectivity index (χ1v) is 10.4. The molecule has 168 valence electrons. The van der Waals surface area contributed by atoms with Crippen molar-refractivity contribution in [3.05, 3.63) is 51.4 Å². The van der Waals surface area contributed by atoms with Gasteiger partial charge in [-0.25, -0.2) is 4.79 Å². The van der Waals surface area contributed by atoms with Gasteiger partial charge in [0, 0.05) is 18.7 Å². The Labute approximate surface area is 182 Å². The van der Waals surface area contributed by atoms with E-state index in [0.29, 0.717) is 6.54 Å². The van der Waals surface area contributed by atoms with E-state index >= 15 is 0 Å². The smallest absolute Gasteiger partial charge is 0.326 e. The molecule has 0 unspecified atom stereocenters. The Morgan fingerprint density at radius 3 is 2.23 bits per heavy atom. The van der Waals surface area contributed by atoms with E-state index in [1.165, 1.54) is 27.8 Å². The van der Waals surface area contributed by atoms with E-state index < -0.39 is 5.60 Å². The molecule has 4 N–H and O–H groups in total. The highest BCUT2D eigenvalue weighted by molar-refractivity contribution is 6.03. The molecule has 0 saturated heterocycles. The number of hydrogen-bond acceptors (Lipinski definition) is 4. The minimum absolute atomic E-state index is 0.0104. The molecule has 0 bridgehead atoms. The number of hydrogen-bond donors (Lipinski definition) is 4. The minimum atomic E-state index is -0.500. The summed E-state index contributed by atoms with van der Waals surface area (Å²) in [5.74, 6) is 0. The second-order valence-corrected chi connectivity index (χ2v) is 8.58. The van der Waals surface area contributed by atoms with Crippen LogP contribution in [0.1, 0.15) is 44.4 Å². The van der Waals surface area contributed by atoms with Gasteiger partial charge in [-0.05, 0) is 57.7 Å². The summed E-state index contributed by atoms with van der Waals surface area (Å²) in [5, 5.41) is 18.9. The Morgan fingerprint density at radius 1 is 1.16 bits per heavy atom. The zero-order chi connectivity index (χ0) is 23.3. The molecule has 0 radical (unpaired) electrons. The number of rotatable bonds is 2. The van der Waals surface area contributed by atoms with E-state index in [1.54, 1.807) is 20.8 Å². The summed E-state index contributed by atoms with van der Waals surface area (Å²) in [5.41, 5.74) is 8.72. The number of nitrogens with zero attached hydrogens (tertiary/aromatic N) is 1. The van der Waals surface area contributed by atoms with Crippen LogP contribution in [0.5, 0.6) is 0 Å². The number of imidazole rings is 1.